The van der Waals surface area contributed by atoms with Gasteiger partial charge in [-0.2, -0.15) is 0 Å². The number of hydrogen-bond acceptors (Lipinski definition) is 8. The maximum Gasteiger partial charge on any atom is 0.339 e. The fraction of sp³-hybridized carbons (Fsp3) is 0.446. The number of carbonyl (C=O) groups excluding carboxylic acids is 2. The van der Waals surface area contributed by atoms with Crippen molar-refractivity contribution in [1.29, 1.82) is 0 Å². The Morgan fingerprint density at radius 2 is 1.56 bits per heavy atom. The van der Waals surface area contributed by atoms with Crippen LogP contribution in [0.25, 0.3) is 11.0 Å². The smallest absolute Gasteiger partial charge is 0.339 e. The summed E-state index contributed by atoms with van der Waals surface area (Å²) < 4.78 is 32.2. The van der Waals surface area contributed by atoms with E-state index in [1.165, 1.54) is 22.3 Å². The normalized spacial score (nSPS) is 25.4. The SMILES string of the molecule is COCCc1cc2ccc3c(c2oc1=O)[C@H]1OC(=O)C[C@@H]2C[C@H](c4cccc(Cc5ccccc5)c4)CC[C@H]2c2ccc(cc2)CCC(=C(C)C)C(=O)O[C@@H]1[C@](C)(C1CCCCC1)O3. The number of aryl methyl sites for hydroxylation is 1. The fourth-order valence-electron chi connectivity index (χ4n) is 11.4. The van der Waals surface area contributed by atoms with Crippen LogP contribution < -0.4 is 10.4 Å². The van der Waals surface area contributed by atoms with Gasteiger partial charge in [-0.15, -0.1) is 0 Å². The Morgan fingerprint density at radius 1 is 0.781 bits per heavy atom. The number of methoxy groups -OCH3 is 1. The summed E-state index contributed by atoms with van der Waals surface area (Å²) in [7, 11) is 1.60. The van der Waals surface area contributed by atoms with Gasteiger partial charge in [0.1, 0.15) is 16.9 Å². The van der Waals surface area contributed by atoms with E-state index in [2.05, 4.69) is 78.9 Å². The number of benzene rings is 4. The molecule has 8 heteroatoms. The molecule has 0 radical (unpaired) electrons. The van der Waals surface area contributed by atoms with E-state index in [-0.39, 0.29) is 41.6 Å². The molecule has 64 heavy (non-hydrogen) atoms. The zero-order valence-electron chi connectivity index (χ0n) is 37.9. The van der Waals surface area contributed by atoms with E-state index < -0.39 is 29.4 Å². The quantitative estimate of drug-likeness (QED) is 0.0906. The Hall–Kier alpha value is -5.47. The molecule has 4 heterocycles. The third-order valence-corrected chi connectivity index (χ3v) is 14.9. The van der Waals surface area contributed by atoms with E-state index in [4.69, 9.17) is 23.4 Å². The minimum Gasteiger partial charge on any atom is -0.483 e. The van der Waals surface area contributed by atoms with Crippen molar-refractivity contribution in [2.75, 3.05) is 13.7 Å². The van der Waals surface area contributed by atoms with Gasteiger partial charge in [0, 0.05) is 42.4 Å². The van der Waals surface area contributed by atoms with Crippen LogP contribution in [0.2, 0.25) is 0 Å². The lowest BCUT2D eigenvalue weighted by molar-refractivity contribution is -0.201. The first-order valence-electron chi connectivity index (χ1n) is 23.6. The van der Waals surface area contributed by atoms with Crippen molar-refractivity contribution in [3.63, 3.8) is 0 Å². The van der Waals surface area contributed by atoms with Crippen LogP contribution in [-0.2, 0) is 43.1 Å². The summed E-state index contributed by atoms with van der Waals surface area (Å²) >= 11 is 0. The highest BCUT2D eigenvalue weighted by molar-refractivity contribution is 5.90. The van der Waals surface area contributed by atoms with Gasteiger partial charge in [-0.05, 0) is 136 Å². The molecular formula is C56H62O8. The third-order valence-electron chi connectivity index (χ3n) is 14.9. The van der Waals surface area contributed by atoms with Gasteiger partial charge in [0.05, 0.1) is 12.2 Å². The largest absolute Gasteiger partial charge is 0.483 e. The maximum absolute atomic E-state index is 15.0. The number of fused-ring (bicyclic) bond motifs is 11. The van der Waals surface area contributed by atoms with Crippen molar-refractivity contribution >= 4 is 22.9 Å². The van der Waals surface area contributed by atoms with Crippen LogP contribution in [0.5, 0.6) is 5.75 Å². The second-order valence-corrected chi connectivity index (χ2v) is 19.3. The molecule has 0 amide bonds. The molecule has 5 aliphatic rings. The molecule has 2 fully saturated rings. The van der Waals surface area contributed by atoms with E-state index in [1.807, 2.05) is 39.0 Å². The number of hydrogen-bond donors (Lipinski definition) is 0. The van der Waals surface area contributed by atoms with Gasteiger partial charge in [-0.25, -0.2) is 9.59 Å². The molecule has 0 saturated heterocycles. The van der Waals surface area contributed by atoms with Crippen LogP contribution in [-0.4, -0.2) is 37.4 Å². The summed E-state index contributed by atoms with van der Waals surface area (Å²) in [4.78, 5) is 43.4. The van der Waals surface area contributed by atoms with E-state index in [9.17, 15) is 9.59 Å². The lowest BCUT2D eigenvalue weighted by Crippen LogP contribution is -2.58. The third kappa shape index (κ3) is 9.08. The first kappa shape index (κ1) is 43.8. The van der Waals surface area contributed by atoms with Crippen LogP contribution in [0, 0.1) is 11.8 Å². The van der Waals surface area contributed by atoms with Gasteiger partial charge in [0.25, 0.3) is 0 Å². The first-order valence-corrected chi connectivity index (χ1v) is 23.6. The second-order valence-electron chi connectivity index (χ2n) is 19.3. The molecule has 0 N–H and O–H groups in total. The van der Waals surface area contributed by atoms with Gasteiger partial charge in [0.2, 0.25) is 0 Å². The van der Waals surface area contributed by atoms with Crippen molar-refractivity contribution in [2.24, 2.45) is 11.8 Å². The fourth-order valence-corrected chi connectivity index (χ4v) is 11.4. The summed E-state index contributed by atoms with van der Waals surface area (Å²) in [6.07, 6.45) is 8.19. The molecular weight excluding hydrogens is 801 g/mol. The van der Waals surface area contributed by atoms with Crippen molar-refractivity contribution in [2.45, 2.75) is 134 Å². The molecule has 6 atom stereocenters. The number of ether oxygens (including phenoxy) is 4. The van der Waals surface area contributed by atoms with Crippen molar-refractivity contribution in [3.8, 4) is 5.75 Å². The molecule has 8 nitrogen and oxygen atoms in total. The standard InChI is InChI=1S/C56H62O8/c1-35(2)46-25-20-36-18-21-39(22-19-36)47-26-23-41(40-15-11-14-38(31-40)30-37-12-7-5-8-13-37)32-44(47)34-49(57)61-52-50-48(27-24-42-33-43(28-29-60-4)54(58)62-51(42)50)64-56(3,53(52)63-55(46)59)45-16-9-6-10-17-45/h5,7-8,11-15,18-19,21-22,24,27,31,33,41,44-45,47,52-53H,6,9-10,16-17,20,23,25-26,28-30,32,34H2,1-4H3/t41-,44+,47+,52-,53+,56+/m1/s1. The molecule has 3 aliphatic heterocycles. The molecule has 10 rings (SSSR count). The van der Waals surface area contributed by atoms with Gasteiger partial charge in [-0.1, -0.05) is 104 Å². The van der Waals surface area contributed by atoms with Crippen LogP contribution in [0.3, 0.4) is 0 Å². The van der Waals surface area contributed by atoms with E-state index in [0.29, 0.717) is 53.7 Å². The van der Waals surface area contributed by atoms with E-state index >= 15 is 4.79 Å². The number of allylic oxidation sites excluding steroid dienone is 1. The first-order chi connectivity index (χ1) is 31.1. The molecule has 0 unspecified atom stereocenters. The summed E-state index contributed by atoms with van der Waals surface area (Å²) in [5.74, 6) is 0.0820. The molecule has 2 aliphatic carbocycles. The second kappa shape index (κ2) is 18.9. The van der Waals surface area contributed by atoms with Crippen molar-refractivity contribution in [3.05, 3.63) is 158 Å². The Bertz CT molecular complexity index is 2560. The van der Waals surface area contributed by atoms with Crippen LogP contribution in [0.4, 0.5) is 0 Å². The summed E-state index contributed by atoms with van der Waals surface area (Å²) in [5, 5.41) is 0.667. The van der Waals surface area contributed by atoms with Crippen LogP contribution >= 0.6 is 0 Å². The zero-order valence-corrected chi connectivity index (χ0v) is 37.9. The zero-order chi connectivity index (χ0) is 44.4. The van der Waals surface area contributed by atoms with E-state index in [1.54, 1.807) is 7.11 Å². The minimum absolute atomic E-state index is 0.0149. The molecule has 334 valence electrons. The lowest BCUT2D eigenvalue weighted by Gasteiger charge is -2.50. The Kier molecular flexibility index (Phi) is 12.9. The molecule has 0 spiro atoms. The average molecular weight is 863 g/mol. The van der Waals surface area contributed by atoms with E-state index in [0.717, 1.165) is 68.9 Å². The number of esters is 2. The highest BCUT2D eigenvalue weighted by Crippen LogP contribution is 2.53. The number of rotatable bonds is 7. The van der Waals surface area contributed by atoms with Crippen LogP contribution in [0.1, 0.15) is 142 Å². The van der Waals surface area contributed by atoms with Gasteiger partial charge in [0.15, 0.2) is 12.2 Å². The molecule has 5 aromatic rings. The van der Waals surface area contributed by atoms with Crippen molar-refractivity contribution in [1.82, 2.24) is 0 Å². The number of carbonyl (C=O) groups is 2. The maximum atomic E-state index is 15.0. The molecule has 4 aromatic carbocycles. The molecule has 1 aromatic heterocycles. The summed E-state index contributed by atoms with van der Waals surface area (Å²) in [5.41, 5.74) is 7.35. The summed E-state index contributed by atoms with van der Waals surface area (Å²) in [6, 6.07) is 34.0. The average Bonchev–Trinajstić information content (AvgIpc) is 3.30. The lowest BCUT2D eigenvalue weighted by atomic mass is 9.68. The van der Waals surface area contributed by atoms with Gasteiger partial charge >= 0.3 is 17.6 Å². The predicted octanol–water partition coefficient (Wildman–Crippen LogP) is 11.8. The molecule has 2 bridgehead atoms. The molecule has 2 saturated carbocycles. The topological polar surface area (TPSA) is 101 Å². The predicted molar refractivity (Wildman–Crippen MR) is 249 cm³/mol. The minimum atomic E-state index is -1.10. The Morgan fingerprint density at radius 3 is 2.33 bits per heavy atom. The van der Waals surface area contributed by atoms with Gasteiger partial charge < -0.3 is 23.4 Å². The summed E-state index contributed by atoms with van der Waals surface area (Å²) in [6.45, 7) is 6.28. The Labute approximate surface area is 377 Å². The van der Waals surface area contributed by atoms with Crippen LogP contribution in [0.15, 0.2) is 117 Å². The highest BCUT2D eigenvalue weighted by atomic mass is 16.6. The monoisotopic (exact) mass is 862 g/mol. The Balaban J connectivity index is 1.14. The van der Waals surface area contributed by atoms with Gasteiger partial charge in [-0.3, -0.25) is 4.79 Å². The highest BCUT2D eigenvalue weighted by Gasteiger charge is 2.56. The van der Waals surface area contributed by atoms with Crippen molar-refractivity contribution < 1.29 is 33.0 Å².